The number of hydrogen-bond donors (Lipinski definition) is 3. The summed E-state index contributed by atoms with van der Waals surface area (Å²) in [6.07, 6.45) is 4.01. The van der Waals surface area contributed by atoms with E-state index in [1.807, 2.05) is 49.6 Å². The standard InChI is InChI=1S/C37H51N5O7S2/c1-25(2)35(42-17-16-41(37(42)45)22-29-24-50-34(39-29)23-48-3)36(44)40-31(19-27-10-6-5-7-11-27)32(43)21-38-51(46,47)33-15-14-30(49-4)20-28(33)18-26-12-8-9-13-26/h5-7,10-11,14-15,20,24-26,31-32,35,38,43H,8-9,12-13,16-19,21-23H2,1-4H3,(H,40,44)/t31-,32+,35-/m0/s1. The predicted molar refractivity (Wildman–Crippen MR) is 196 cm³/mol. The van der Waals surface area contributed by atoms with Crippen molar-refractivity contribution in [3.05, 3.63) is 75.7 Å². The summed E-state index contributed by atoms with van der Waals surface area (Å²) in [7, 11) is -0.856. The zero-order valence-corrected chi connectivity index (χ0v) is 31.5. The van der Waals surface area contributed by atoms with Gasteiger partial charge in [0.15, 0.2) is 0 Å². The summed E-state index contributed by atoms with van der Waals surface area (Å²) in [5.74, 6) is 0.355. The number of carbonyl (C=O) groups is 2. The fourth-order valence-corrected chi connectivity index (χ4v) is 9.12. The highest BCUT2D eigenvalue weighted by Gasteiger charge is 2.40. The number of rotatable bonds is 18. The van der Waals surface area contributed by atoms with Crippen molar-refractivity contribution in [2.75, 3.05) is 33.9 Å². The highest BCUT2D eigenvalue weighted by Crippen LogP contribution is 2.32. The van der Waals surface area contributed by atoms with Crippen LogP contribution in [0.2, 0.25) is 0 Å². The first kappa shape index (κ1) is 38.7. The molecule has 0 bridgehead atoms. The Hall–Kier alpha value is -3.56. The molecule has 1 aliphatic heterocycles. The fraction of sp³-hybridized carbons (Fsp3) is 0.541. The molecule has 3 N–H and O–H groups in total. The Morgan fingerprint density at radius 2 is 1.84 bits per heavy atom. The van der Waals surface area contributed by atoms with E-state index in [4.69, 9.17) is 9.47 Å². The lowest BCUT2D eigenvalue weighted by Crippen LogP contribution is -2.57. The minimum Gasteiger partial charge on any atom is -0.497 e. The second-order valence-corrected chi connectivity index (χ2v) is 16.5. The van der Waals surface area contributed by atoms with Crippen molar-refractivity contribution < 1.29 is 32.6 Å². The molecule has 0 unspecified atom stereocenters. The van der Waals surface area contributed by atoms with Gasteiger partial charge in [0.05, 0.1) is 43.0 Å². The van der Waals surface area contributed by atoms with E-state index < -0.39 is 34.1 Å². The van der Waals surface area contributed by atoms with Crippen molar-refractivity contribution in [1.82, 2.24) is 24.8 Å². The molecule has 51 heavy (non-hydrogen) atoms. The molecule has 278 valence electrons. The Morgan fingerprint density at radius 1 is 1.10 bits per heavy atom. The van der Waals surface area contributed by atoms with Gasteiger partial charge in [0.1, 0.15) is 16.8 Å². The van der Waals surface area contributed by atoms with Gasteiger partial charge in [0.25, 0.3) is 0 Å². The number of carbonyl (C=O) groups excluding carboxylic acids is 2. The van der Waals surface area contributed by atoms with E-state index in [9.17, 15) is 23.1 Å². The second kappa shape index (κ2) is 17.8. The molecule has 1 aromatic heterocycles. The number of ether oxygens (including phenoxy) is 2. The second-order valence-electron chi connectivity index (χ2n) is 13.8. The number of amides is 3. The van der Waals surface area contributed by atoms with E-state index in [0.717, 1.165) is 41.9 Å². The number of nitrogens with zero attached hydrogens (tertiary/aromatic N) is 3. The zero-order chi connectivity index (χ0) is 36.5. The largest absolute Gasteiger partial charge is 0.497 e. The molecule has 2 aromatic carbocycles. The van der Waals surface area contributed by atoms with Gasteiger partial charge in [-0.25, -0.2) is 22.9 Å². The van der Waals surface area contributed by atoms with Crippen LogP contribution in [0.25, 0.3) is 0 Å². The Labute approximate surface area is 305 Å². The van der Waals surface area contributed by atoms with Crippen molar-refractivity contribution in [3.8, 4) is 5.75 Å². The summed E-state index contributed by atoms with van der Waals surface area (Å²) < 4.78 is 40.6. The smallest absolute Gasteiger partial charge is 0.321 e. The maximum absolute atomic E-state index is 14.0. The first-order valence-corrected chi connectivity index (χ1v) is 20.0. The fourth-order valence-electron chi connectivity index (χ4n) is 7.08. The quantitative estimate of drug-likeness (QED) is 0.174. The molecule has 1 saturated carbocycles. The molecule has 2 aliphatic rings. The van der Waals surface area contributed by atoms with Crippen LogP contribution in [-0.4, -0.2) is 92.3 Å². The van der Waals surface area contributed by atoms with Gasteiger partial charge in [-0.15, -0.1) is 11.3 Å². The van der Waals surface area contributed by atoms with Crippen LogP contribution in [0.15, 0.2) is 58.8 Å². The normalized spacial score (nSPS) is 17.3. The molecule has 14 heteroatoms. The maximum Gasteiger partial charge on any atom is 0.321 e. The number of aliphatic hydroxyl groups excluding tert-OH is 1. The van der Waals surface area contributed by atoms with Gasteiger partial charge in [-0.1, -0.05) is 69.9 Å². The average molecular weight is 742 g/mol. The maximum atomic E-state index is 14.0. The molecule has 3 aromatic rings. The minimum atomic E-state index is -4.02. The number of hydrogen-bond acceptors (Lipinski definition) is 9. The molecule has 3 amide bonds. The van der Waals surface area contributed by atoms with Crippen LogP contribution in [0.1, 0.15) is 61.4 Å². The number of benzene rings is 2. The van der Waals surface area contributed by atoms with Gasteiger partial charge in [-0.05, 0) is 54.0 Å². The molecule has 0 spiro atoms. The number of aliphatic hydroxyl groups is 1. The van der Waals surface area contributed by atoms with E-state index >= 15 is 0 Å². The van der Waals surface area contributed by atoms with Crippen LogP contribution in [0.5, 0.6) is 5.75 Å². The van der Waals surface area contributed by atoms with E-state index in [-0.39, 0.29) is 29.8 Å². The predicted octanol–water partition coefficient (Wildman–Crippen LogP) is 4.36. The summed E-state index contributed by atoms with van der Waals surface area (Å²) in [4.78, 5) is 35.6. The molecule has 1 aliphatic carbocycles. The van der Waals surface area contributed by atoms with E-state index in [0.29, 0.717) is 49.9 Å². The molecular weight excluding hydrogens is 691 g/mol. The zero-order valence-electron chi connectivity index (χ0n) is 29.9. The highest BCUT2D eigenvalue weighted by molar-refractivity contribution is 7.89. The van der Waals surface area contributed by atoms with Crippen molar-refractivity contribution in [2.24, 2.45) is 11.8 Å². The van der Waals surface area contributed by atoms with Crippen LogP contribution < -0.4 is 14.8 Å². The number of methoxy groups -OCH3 is 2. The molecule has 3 atom stereocenters. The van der Waals surface area contributed by atoms with Crippen molar-refractivity contribution >= 4 is 33.3 Å². The Balaban J connectivity index is 1.29. The summed E-state index contributed by atoms with van der Waals surface area (Å²) >= 11 is 1.47. The third-order valence-corrected chi connectivity index (χ3v) is 12.1. The van der Waals surface area contributed by atoms with Gasteiger partial charge in [-0.3, -0.25) is 4.79 Å². The van der Waals surface area contributed by atoms with E-state index in [2.05, 4.69) is 15.0 Å². The third kappa shape index (κ3) is 10.1. The molecular formula is C37H51N5O7S2. The molecule has 2 heterocycles. The highest BCUT2D eigenvalue weighted by atomic mass is 32.2. The lowest BCUT2D eigenvalue weighted by atomic mass is 9.98. The first-order chi connectivity index (χ1) is 24.5. The Kier molecular flexibility index (Phi) is 13.5. The van der Waals surface area contributed by atoms with Crippen molar-refractivity contribution in [3.63, 3.8) is 0 Å². The first-order valence-electron chi connectivity index (χ1n) is 17.7. The summed E-state index contributed by atoms with van der Waals surface area (Å²) in [5.41, 5.74) is 2.31. The van der Waals surface area contributed by atoms with Crippen LogP contribution in [0.3, 0.4) is 0 Å². The van der Waals surface area contributed by atoms with Gasteiger partial charge in [0.2, 0.25) is 15.9 Å². The summed E-state index contributed by atoms with van der Waals surface area (Å²) in [6.45, 7) is 4.98. The van der Waals surface area contributed by atoms with Crippen molar-refractivity contribution in [1.29, 1.82) is 0 Å². The molecule has 5 rings (SSSR count). The summed E-state index contributed by atoms with van der Waals surface area (Å²) in [5, 5.41) is 17.3. The van der Waals surface area contributed by atoms with Crippen LogP contribution in [0, 0.1) is 11.8 Å². The van der Waals surface area contributed by atoms with Gasteiger partial charge in [-0.2, -0.15) is 0 Å². The lowest BCUT2D eigenvalue weighted by Gasteiger charge is -2.33. The molecule has 2 fully saturated rings. The average Bonchev–Trinajstić information content (AvgIpc) is 3.87. The SMILES string of the molecule is COCc1nc(CN2CCN([C@H](C(=O)N[C@@H](Cc3ccccc3)[C@H](O)CNS(=O)(=O)c3ccc(OC)cc3CC3CCCC3)C(C)C)C2=O)cs1. The molecule has 0 radical (unpaired) electrons. The number of nitrogens with one attached hydrogen (secondary N) is 2. The van der Waals surface area contributed by atoms with Gasteiger partial charge in [0, 0.05) is 32.1 Å². The number of urea groups is 1. The third-order valence-electron chi connectivity index (χ3n) is 9.70. The molecule has 1 saturated heterocycles. The summed E-state index contributed by atoms with van der Waals surface area (Å²) in [6, 6.07) is 12.5. The van der Waals surface area contributed by atoms with Crippen LogP contribution in [-0.2, 0) is 45.5 Å². The Bertz CT molecular complexity index is 1710. The van der Waals surface area contributed by atoms with Crippen LogP contribution >= 0.6 is 11.3 Å². The van der Waals surface area contributed by atoms with Gasteiger partial charge >= 0.3 is 6.03 Å². The number of aromatic nitrogens is 1. The Morgan fingerprint density at radius 3 is 2.53 bits per heavy atom. The van der Waals surface area contributed by atoms with E-state index in [1.54, 1.807) is 42.2 Å². The van der Waals surface area contributed by atoms with Crippen molar-refractivity contribution in [2.45, 2.75) is 88.6 Å². The lowest BCUT2D eigenvalue weighted by molar-refractivity contribution is -0.128. The number of thiazole rings is 1. The number of sulfonamides is 1. The molecule has 12 nitrogen and oxygen atoms in total. The van der Waals surface area contributed by atoms with E-state index in [1.165, 1.54) is 11.3 Å². The van der Waals surface area contributed by atoms with Crippen LogP contribution in [0.4, 0.5) is 4.79 Å². The topological polar surface area (TPSA) is 150 Å². The minimum absolute atomic E-state index is 0.163. The van der Waals surface area contributed by atoms with Gasteiger partial charge < -0.3 is 29.7 Å². The monoisotopic (exact) mass is 741 g/mol.